The Bertz CT molecular complexity index is 546. The van der Waals surface area contributed by atoms with Crippen molar-refractivity contribution >= 4 is 11.7 Å². The number of nitrogens with zero attached hydrogens (tertiary/aromatic N) is 2. The van der Waals surface area contributed by atoms with E-state index in [9.17, 15) is 13.6 Å². The number of hydrogen-bond donors (Lipinski definition) is 1. The summed E-state index contributed by atoms with van der Waals surface area (Å²) in [5.41, 5.74) is -0.379. The molecule has 0 fully saturated rings. The molecule has 0 radical (unpaired) electrons. The molecule has 1 N–H and O–H groups in total. The normalized spacial score (nSPS) is 10.0. The van der Waals surface area contributed by atoms with Gasteiger partial charge in [-0.3, -0.25) is 4.79 Å². The van der Waals surface area contributed by atoms with E-state index in [4.69, 9.17) is 0 Å². The number of anilines is 1. The maximum Gasteiger partial charge on any atom is 0.259 e. The molecule has 0 saturated heterocycles. The fourth-order valence-corrected chi connectivity index (χ4v) is 1.23. The van der Waals surface area contributed by atoms with E-state index < -0.39 is 17.5 Å². The van der Waals surface area contributed by atoms with Crippen LogP contribution in [0.1, 0.15) is 10.4 Å². The molecule has 2 rings (SSSR count). The van der Waals surface area contributed by atoms with Crippen LogP contribution in [0, 0.1) is 11.6 Å². The molecule has 0 aliphatic rings. The third-order valence-electron chi connectivity index (χ3n) is 2.01. The Hall–Kier alpha value is -2.37. The zero-order chi connectivity index (χ0) is 12.3. The van der Waals surface area contributed by atoms with Crippen molar-refractivity contribution in [2.75, 3.05) is 5.32 Å². The van der Waals surface area contributed by atoms with Crippen LogP contribution in [-0.4, -0.2) is 16.1 Å². The highest BCUT2D eigenvalue weighted by Gasteiger charge is 2.15. The molecule has 0 atom stereocenters. The number of rotatable bonds is 2. The van der Waals surface area contributed by atoms with Crippen LogP contribution in [0.3, 0.4) is 0 Å². The number of carbonyl (C=O) groups excluding carboxylic acids is 1. The lowest BCUT2D eigenvalue weighted by atomic mass is 10.2. The summed E-state index contributed by atoms with van der Waals surface area (Å²) in [6.45, 7) is 0. The molecule has 0 aliphatic carbocycles. The van der Waals surface area contributed by atoms with E-state index in [1.54, 1.807) is 6.07 Å². The summed E-state index contributed by atoms with van der Waals surface area (Å²) in [5, 5.41) is 9.44. The van der Waals surface area contributed by atoms with Gasteiger partial charge in [-0.2, -0.15) is 5.10 Å². The van der Waals surface area contributed by atoms with Gasteiger partial charge in [-0.05, 0) is 24.3 Å². The van der Waals surface area contributed by atoms with Crippen molar-refractivity contribution in [2.24, 2.45) is 0 Å². The van der Waals surface area contributed by atoms with Gasteiger partial charge in [0.15, 0.2) is 17.5 Å². The van der Waals surface area contributed by atoms with Gasteiger partial charge in [-0.1, -0.05) is 6.07 Å². The Morgan fingerprint density at radius 1 is 1.18 bits per heavy atom. The first-order valence-electron chi connectivity index (χ1n) is 4.71. The van der Waals surface area contributed by atoms with Crippen LogP contribution in [-0.2, 0) is 0 Å². The van der Waals surface area contributed by atoms with Crippen molar-refractivity contribution in [3.63, 3.8) is 0 Å². The average Bonchev–Trinajstić information content (AvgIpc) is 2.34. The van der Waals surface area contributed by atoms with Gasteiger partial charge in [-0.25, -0.2) is 8.78 Å². The molecule has 2 aromatic rings. The van der Waals surface area contributed by atoms with Crippen LogP contribution in [0.4, 0.5) is 14.6 Å². The SMILES string of the molecule is O=C(Nc1cccnn1)c1cccc(F)c1F. The fraction of sp³-hybridized carbons (Fsp3) is 0. The topological polar surface area (TPSA) is 54.9 Å². The van der Waals surface area contributed by atoms with Gasteiger partial charge in [0.2, 0.25) is 0 Å². The minimum atomic E-state index is -1.19. The number of hydrogen-bond acceptors (Lipinski definition) is 3. The summed E-state index contributed by atoms with van der Waals surface area (Å²) < 4.78 is 26.2. The standard InChI is InChI=1S/C11H7F2N3O/c12-8-4-1-3-7(10(8)13)11(17)15-9-5-2-6-14-16-9/h1-6H,(H,15,16,17). The summed E-state index contributed by atoms with van der Waals surface area (Å²) in [6, 6.07) is 6.43. The molecule has 0 saturated carbocycles. The van der Waals surface area contributed by atoms with Crippen molar-refractivity contribution in [3.05, 3.63) is 53.7 Å². The molecule has 1 heterocycles. The number of nitrogens with one attached hydrogen (secondary N) is 1. The van der Waals surface area contributed by atoms with Gasteiger partial charge in [-0.15, -0.1) is 5.10 Å². The largest absolute Gasteiger partial charge is 0.305 e. The first-order chi connectivity index (χ1) is 8.18. The second-order valence-electron chi connectivity index (χ2n) is 3.16. The van der Waals surface area contributed by atoms with Crippen molar-refractivity contribution < 1.29 is 13.6 Å². The van der Waals surface area contributed by atoms with Crippen LogP contribution < -0.4 is 5.32 Å². The van der Waals surface area contributed by atoms with E-state index in [-0.39, 0.29) is 11.4 Å². The highest BCUT2D eigenvalue weighted by molar-refractivity contribution is 6.03. The first kappa shape index (κ1) is 11.1. The zero-order valence-corrected chi connectivity index (χ0v) is 8.52. The molecule has 0 unspecified atom stereocenters. The van der Waals surface area contributed by atoms with E-state index in [1.165, 1.54) is 24.4 Å². The van der Waals surface area contributed by atoms with E-state index in [0.29, 0.717) is 0 Å². The molecular formula is C11H7F2N3O. The minimum absolute atomic E-state index is 0.168. The second-order valence-corrected chi connectivity index (χ2v) is 3.16. The van der Waals surface area contributed by atoms with E-state index in [2.05, 4.69) is 15.5 Å². The van der Waals surface area contributed by atoms with Crippen LogP contribution in [0.25, 0.3) is 0 Å². The van der Waals surface area contributed by atoms with E-state index >= 15 is 0 Å². The molecule has 4 nitrogen and oxygen atoms in total. The maximum absolute atomic E-state index is 13.3. The lowest BCUT2D eigenvalue weighted by Gasteiger charge is -2.04. The Morgan fingerprint density at radius 2 is 2.00 bits per heavy atom. The Labute approximate surface area is 95.3 Å². The van der Waals surface area contributed by atoms with Crippen LogP contribution >= 0.6 is 0 Å². The van der Waals surface area contributed by atoms with Gasteiger partial charge in [0.25, 0.3) is 5.91 Å². The van der Waals surface area contributed by atoms with Gasteiger partial charge in [0.05, 0.1) is 5.56 Å². The third kappa shape index (κ3) is 2.41. The summed E-state index contributed by atoms with van der Waals surface area (Å²) in [4.78, 5) is 11.6. The highest BCUT2D eigenvalue weighted by Crippen LogP contribution is 2.12. The molecule has 0 bridgehead atoms. The molecular weight excluding hydrogens is 228 g/mol. The third-order valence-corrected chi connectivity index (χ3v) is 2.01. The fourth-order valence-electron chi connectivity index (χ4n) is 1.23. The summed E-state index contributed by atoms with van der Waals surface area (Å²) in [7, 11) is 0. The Morgan fingerprint density at radius 3 is 2.71 bits per heavy atom. The zero-order valence-electron chi connectivity index (χ0n) is 8.52. The lowest BCUT2D eigenvalue weighted by molar-refractivity contribution is 0.102. The first-order valence-corrected chi connectivity index (χ1v) is 4.71. The molecule has 1 aromatic carbocycles. The second kappa shape index (κ2) is 4.65. The summed E-state index contributed by atoms with van der Waals surface area (Å²) in [5.74, 6) is -2.87. The number of benzene rings is 1. The summed E-state index contributed by atoms with van der Waals surface area (Å²) >= 11 is 0. The van der Waals surface area contributed by atoms with E-state index in [0.717, 1.165) is 6.07 Å². The smallest absolute Gasteiger partial charge is 0.259 e. The van der Waals surface area contributed by atoms with Crippen molar-refractivity contribution in [1.29, 1.82) is 0 Å². The van der Waals surface area contributed by atoms with Gasteiger partial charge in [0, 0.05) is 6.20 Å². The average molecular weight is 235 g/mol. The summed E-state index contributed by atoms with van der Waals surface area (Å²) in [6.07, 6.45) is 1.43. The molecule has 86 valence electrons. The molecule has 1 aromatic heterocycles. The predicted molar refractivity (Wildman–Crippen MR) is 56.3 cm³/mol. The van der Waals surface area contributed by atoms with Crippen molar-refractivity contribution in [1.82, 2.24) is 10.2 Å². The Kier molecular flexibility index (Phi) is 3.04. The number of aromatic nitrogens is 2. The number of carbonyl (C=O) groups is 1. The predicted octanol–water partition coefficient (Wildman–Crippen LogP) is 2.01. The maximum atomic E-state index is 13.3. The van der Waals surface area contributed by atoms with Crippen LogP contribution in [0.15, 0.2) is 36.5 Å². The van der Waals surface area contributed by atoms with E-state index in [1.807, 2.05) is 0 Å². The lowest BCUT2D eigenvalue weighted by Crippen LogP contribution is -2.15. The molecule has 0 aliphatic heterocycles. The van der Waals surface area contributed by atoms with Gasteiger partial charge < -0.3 is 5.32 Å². The highest BCUT2D eigenvalue weighted by atomic mass is 19.2. The van der Waals surface area contributed by atoms with Crippen molar-refractivity contribution in [2.45, 2.75) is 0 Å². The van der Waals surface area contributed by atoms with Gasteiger partial charge in [0.1, 0.15) is 0 Å². The monoisotopic (exact) mass is 235 g/mol. The molecule has 1 amide bonds. The Balaban J connectivity index is 2.24. The number of amides is 1. The number of halogens is 2. The van der Waals surface area contributed by atoms with Crippen LogP contribution in [0.5, 0.6) is 0 Å². The quantitative estimate of drug-likeness (QED) is 0.866. The molecule has 6 heteroatoms. The molecule has 0 spiro atoms. The minimum Gasteiger partial charge on any atom is -0.305 e. The van der Waals surface area contributed by atoms with Crippen molar-refractivity contribution in [3.8, 4) is 0 Å². The van der Waals surface area contributed by atoms with Gasteiger partial charge >= 0.3 is 0 Å². The molecule has 17 heavy (non-hydrogen) atoms. The van der Waals surface area contributed by atoms with Crippen LogP contribution in [0.2, 0.25) is 0 Å².